The van der Waals surface area contributed by atoms with Gasteiger partial charge in [-0.3, -0.25) is 0 Å². The molecule has 0 unspecified atom stereocenters. The average molecular weight is 327 g/mol. The summed E-state index contributed by atoms with van der Waals surface area (Å²) in [6.07, 6.45) is 0. The van der Waals surface area contributed by atoms with Crippen molar-refractivity contribution < 1.29 is 27.2 Å². The maximum absolute atomic E-state index is 13.5. The second-order valence-electron chi connectivity index (χ2n) is 4.49. The molecule has 116 valence electrons. The SMILES string of the molecule is O=S(=O)(NCc1ccc(B(O)O)cc1)c1c(F)cccc1F. The van der Waals surface area contributed by atoms with Gasteiger partial charge in [-0.2, -0.15) is 0 Å². The molecule has 0 heterocycles. The second kappa shape index (κ2) is 6.53. The quantitative estimate of drug-likeness (QED) is 0.681. The molecule has 0 aliphatic carbocycles. The van der Waals surface area contributed by atoms with E-state index < -0.39 is 33.7 Å². The normalized spacial score (nSPS) is 11.5. The highest BCUT2D eigenvalue weighted by molar-refractivity contribution is 7.89. The van der Waals surface area contributed by atoms with Crippen LogP contribution < -0.4 is 10.2 Å². The molecule has 0 radical (unpaired) electrons. The largest absolute Gasteiger partial charge is 0.488 e. The van der Waals surface area contributed by atoms with Crippen molar-refractivity contribution in [3.05, 3.63) is 59.7 Å². The number of halogens is 2. The van der Waals surface area contributed by atoms with Gasteiger partial charge < -0.3 is 10.0 Å². The highest BCUT2D eigenvalue weighted by Gasteiger charge is 2.23. The number of nitrogens with one attached hydrogen (secondary N) is 1. The summed E-state index contributed by atoms with van der Waals surface area (Å²) in [4.78, 5) is -1.03. The zero-order valence-electron chi connectivity index (χ0n) is 11.2. The van der Waals surface area contributed by atoms with E-state index in [0.717, 1.165) is 18.2 Å². The lowest BCUT2D eigenvalue weighted by molar-refractivity contribution is 0.425. The Morgan fingerprint density at radius 1 is 1.00 bits per heavy atom. The fourth-order valence-corrected chi connectivity index (χ4v) is 2.95. The van der Waals surface area contributed by atoms with Gasteiger partial charge in [0.2, 0.25) is 10.0 Å². The van der Waals surface area contributed by atoms with Crippen molar-refractivity contribution >= 4 is 22.6 Å². The molecule has 0 fully saturated rings. The van der Waals surface area contributed by atoms with Crippen molar-refractivity contribution in [1.82, 2.24) is 4.72 Å². The van der Waals surface area contributed by atoms with Crippen LogP contribution in [0.5, 0.6) is 0 Å². The standard InChI is InChI=1S/C13H12BF2NO4S/c15-11-2-1-3-12(16)13(11)22(20,21)17-8-9-4-6-10(7-5-9)14(18)19/h1-7,17-19H,8H2. The lowest BCUT2D eigenvalue weighted by Gasteiger charge is -2.09. The first-order valence-electron chi connectivity index (χ1n) is 6.20. The fourth-order valence-electron chi connectivity index (χ4n) is 1.80. The van der Waals surface area contributed by atoms with Gasteiger partial charge in [0, 0.05) is 6.54 Å². The molecule has 2 rings (SSSR count). The average Bonchev–Trinajstić information content (AvgIpc) is 2.45. The monoisotopic (exact) mass is 327 g/mol. The summed E-state index contributed by atoms with van der Waals surface area (Å²) in [7, 11) is -5.97. The van der Waals surface area contributed by atoms with Gasteiger partial charge in [-0.05, 0) is 23.2 Å². The van der Waals surface area contributed by atoms with Crippen LogP contribution in [0.25, 0.3) is 0 Å². The summed E-state index contributed by atoms with van der Waals surface area (Å²) in [6, 6.07) is 8.52. The molecule has 0 amide bonds. The lowest BCUT2D eigenvalue weighted by Crippen LogP contribution is -2.30. The molecule has 5 nitrogen and oxygen atoms in total. The maximum atomic E-state index is 13.5. The Hall–Kier alpha value is -1.81. The van der Waals surface area contributed by atoms with E-state index in [0.29, 0.717) is 5.56 Å². The topological polar surface area (TPSA) is 86.6 Å². The van der Waals surface area contributed by atoms with Gasteiger partial charge in [0.1, 0.15) is 11.6 Å². The molecule has 0 saturated carbocycles. The molecule has 0 spiro atoms. The summed E-state index contributed by atoms with van der Waals surface area (Å²) < 4.78 is 53.0. The summed E-state index contributed by atoms with van der Waals surface area (Å²) in [6.45, 7) is -0.197. The number of benzene rings is 2. The molecule has 0 aliphatic heterocycles. The number of rotatable bonds is 5. The van der Waals surface area contributed by atoms with Crippen LogP contribution in [0.1, 0.15) is 5.56 Å². The first kappa shape index (κ1) is 16.6. The van der Waals surface area contributed by atoms with Crippen LogP contribution in [0.15, 0.2) is 47.4 Å². The van der Waals surface area contributed by atoms with Crippen molar-refractivity contribution in [3.63, 3.8) is 0 Å². The van der Waals surface area contributed by atoms with E-state index in [-0.39, 0.29) is 12.0 Å². The molecule has 9 heteroatoms. The predicted octanol–water partition coefficient (Wildman–Crippen LogP) is 0.123. The van der Waals surface area contributed by atoms with Gasteiger partial charge in [-0.1, -0.05) is 30.3 Å². The third-order valence-corrected chi connectivity index (χ3v) is 4.38. The van der Waals surface area contributed by atoms with Crippen molar-refractivity contribution in [1.29, 1.82) is 0 Å². The minimum Gasteiger partial charge on any atom is -0.423 e. The van der Waals surface area contributed by atoms with E-state index in [4.69, 9.17) is 10.0 Å². The van der Waals surface area contributed by atoms with Crippen LogP contribution in [0, 0.1) is 11.6 Å². The molecular weight excluding hydrogens is 315 g/mol. The van der Waals surface area contributed by atoms with Gasteiger partial charge in [-0.25, -0.2) is 21.9 Å². The van der Waals surface area contributed by atoms with Crippen molar-refractivity contribution in [3.8, 4) is 0 Å². The Balaban J connectivity index is 2.16. The van der Waals surface area contributed by atoms with E-state index in [1.165, 1.54) is 24.3 Å². The van der Waals surface area contributed by atoms with Gasteiger partial charge in [-0.15, -0.1) is 0 Å². The summed E-state index contributed by atoms with van der Waals surface area (Å²) in [5.74, 6) is -2.35. The van der Waals surface area contributed by atoms with E-state index >= 15 is 0 Å². The zero-order chi connectivity index (χ0) is 16.3. The smallest absolute Gasteiger partial charge is 0.423 e. The molecule has 0 atom stereocenters. The molecule has 2 aromatic rings. The van der Waals surface area contributed by atoms with Crippen molar-refractivity contribution in [2.75, 3.05) is 0 Å². The predicted molar refractivity (Wildman–Crippen MR) is 76.7 cm³/mol. The van der Waals surface area contributed by atoms with E-state index in [1.54, 1.807) is 0 Å². The minimum atomic E-state index is -4.35. The molecule has 3 N–H and O–H groups in total. The Morgan fingerprint density at radius 3 is 2.05 bits per heavy atom. The summed E-state index contributed by atoms with van der Waals surface area (Å²) in [5, 5.41) is 17.9. The Bertz CT molecular complexity index is 746. The lowest BCUT2D eigenvalue weighted by atomic mass is 9.80. The van der Waals surface area contributed by atoms with Crippen LogP contribution in [0.4, 0.5) is 8.78 Å². The molecule has 0 bridgehead atoms. The Kier molecular flexibility index (Phi) is 4.92. The molecule has 0 aromatic heterocycles. The van der Waals surface area contributed by atoms with Gasteiger partial charge in [0.15, 0.2) is 4.90 Å². The van der Waals surface area contributed by atoms with Crippen LogP contribution in [-0.4, -0.2) is 25.6 Å². The molecule has 0 aliphatic rings. The maximum Gasteiger partial charge on any atom is 0.488 e. The van der Waals surface area contributed by atoms with E-state index in [1.807, 2.05) is 0 Å². The van der Waals surface area contributed by atoms with E-state index in [9.17, 15) is 17.2 Å². The number of hydrogen-bond acceptors (Lipinski definition) is 4. The van der Waals surface area contributed by atoms with Crippen molar-refractivity contribution in [2.24, 2.45) is 0 Å². The van der Waals surface area contributed by atoms with Crippen LogP contribution >= 0.6 is 0 Å². The highest BCUT2D eigenvalue weighted by atomic mass is 32.2. The molecular formula is C13H12BF2NO4S. The molecule has 2 aromatic carbocycles. The van der Waals surface area contributed by atoms with Crippen LogP contribution in [-0.2, 0) is 16.6 Å². The van der Waals surface area contributed by atoms with Gasteiger partial charge in [0.25, 0.3) is 0 Å². The van der Waals surface area contributed by atoms with Crippen LogP contribution in [0.2, 0.25) is 0 Å². The Labute approximate surface area is 126 Å². The van der Waals surface area contributed by atoms with E-state index in [2.05, 4.69) is 4.72 Å². The first-order chi connectivity index (χ1) is 10.3. The van der Waals surface area contributed by atoms with Crippen LogP contribution in [0.3, 0.4) is 0 Å². The highest BCUT2D eigenvalue weighted by Crippen LogP contribution is 2.18. The Morgan fingerprint density at radius 2 is 1.55 bits per heavy atom. The molecule has 22 heavy (non-hydrogen) atoms. The molecule has 0 saturated heterocycles. The fraction of sp³-hybridized carbons (Fsp3) is 0.0769. The second-order valence-corrected chi connectivity index (χ2v) is 6.19. The van der Waals surface area contributed by atoms with Crippen molar-refractivity contribution in [2.45, 2.75) is 11.4 Å². The van der Waals surface area contributed by atoms with Gasteiger partial charge in [0.05, 0.1) is 0 Å². The minimum absolute atomic E-state index is 0.197. The summed E-state index contributed by atoms with van der Waals surface area (Å²) in [5.41, 5.74) is 0.733. The number of hydrogen-bond donors (Lipinski definition) is 3. The first-order valence-corrected chi connectivity index (χ1v) is 7.68. The third-order valence-electron chi connectivity index (χ3n) is 2.93. The third kappa shape index (κ3) is 3.69. The zero-order valence-corrected chi connectivity index (χ0v) is 12.0. The summed E-state index contributed by atoms with van der Waals surface area (Å²) >= 11 is 0. The van der Waals surface area contributed by atoms with Gasteiger partial charge >= 0.3 is 7.12 Å². The number of sulfonamides is 1.